The van der Waals surface area contributed by atoms with E-state index < -0.39 is 0 Å². The molecule has 2 aromatic rings. The third kappa shape index (κ3) is 2.38. The number of nitrogens with zero attached hydrogens (tertiary/aromatic N) is 2. The molecule has 2 heterocycles. The van der Waals surface area contributed by atoms with Crippen molar-refractivity contribution in [3.05, 3.63) is 45.4 Å². The van der Waals surface area contributed by atoms with Gasteiger partial charge in [-0.3, -0.25) is 0 Å². The average molecular weight is 274 g/mol. The predicted octanol–water partition coefficient (Wildman–Crippen LogP) is 3.20. The van der Waals surface area contributed by atoms with Crippen LogP contribution in [0.4, 0.5) is 5.69 Å². The maximum Gasteiger partial charge on any atom is 0.112 e. The van der Waals surface area contributed by atoms with Crippen LogP contribution in [-0.2, 0) is 6.54 Å². The first-order valence-electron chi connectivity index (χ1n) is 6.60. The summed E-state index contributed by atoms with van der Waals surface area (Å²) in [5.74, 6) is 0. The lowest BCUT2D eigenvalue weighted by molar-refractivity contribution is 0.164. The quantitative estimate of drug-likeness (QED) is 0.913. The Morgan fingerprint density at radius 1 is 1.37 bits per heavy atom. The molecule has 4 heteroatoms. The number of rotatable bonds is 2. The topological polar surface area (TPSA) is 36.4 Å². The molecule has 19 heavy (non-hydrogen) atoms. The number of benzene rings is 1. The minimum Gasteiger partial charge on any atom is -0.388 e. The van der Waals surface area contributed by atoms with Crippen LogP contribution < -0.4 is 4.90 Å². The lowest BCUT2D eigenvalue weighted by Gasteiger charge is -2.33. The van der Waals surface area contributed by atoms with Gasteiger partial charge in [-0.2, -0.15) is 0 Å². The van der Waals surface area contributed by atoms with E-state index in [1.165, 1.54) is 4.88 Å². The summed E-state index contributed by atoms with van der Waals surface area (Å²) < 4.78 is 0. The summed E-state index contributed by atoms with van der Waals surface area (Å²) in [5, 5.41) is 11.2. The fraction of sp³-hybridized carbons (Fsp3) is 0.400. The standard InChI is InChI=1S/C15H18N2OS/c1-10-11(2)19-15(16-10)9-17-8-7-14(18)12-5-3-4-6-13(12)17/h3-6,14,18H,7-9H2,1-2H3. The highest BCUT2D eigenvalue weighted by molar-refractivity contribution is 7.11. The molecule has 1 aromatic heterocycles. The van der Waals surface area contributed by atoms with E-state index in [-0.39, 0.29) is 6.10 Å². The summed E-state index contributed by atoms with van der Waals surface area (Å²) >= 11 is 1.77. The number of hydrogen-bond donors (Lipinski definition) is 1. The molecular formula is C15H18N2OS. The molecule has 0 amide bonds. The van der Waals surface area contributed by atoms with E-state index in [1.807, 2.05) is 18.2 Å². The molecule has 3 nitrogen and oxygen atoms in total. The molecular weight excluding hydrogens is 256 g/mol. The number of para-hydroxylation sites is 1. The zero-order chi connectivity index (χ0) is 13.4. The number of hydrogen-bond acceptors (Lipinski definition) is 4. The minimum atomic E-state index is -0.327. The van der Waals surface area contributed by atoms with E-state index >= 15 is 0 Å². The second-order valence-electron chi connectivity index (χ2n) is 5.03. The molecule has 1 N–H and O–H groups in total. The number of aliphatic hydroxyl groups is 1. The van der Waals surface area contributed by atoms with Crippen molar-refractivity contribution in [3.8, 4) is 0 Å². The monoisotopic (exact) mass is 274 g/mol. The molecule has 0 fully saturated rings. The molecule has 3 rings (SSSR count). The summed E-state index contributed by atoms with van der Waals surface area (Å²) in [5.41, 5.74) is 3.32. The fourth-order valence-corrected chi connectivity index (χ4v) is 3.50. The maximum absolute atomic E-state index is 10.1. The van der Waals surface area contributed by atoms with E-state index in [0.717, 1.165) is 41.5 Å². The van der Waals surface area contributed by atoms with Crippen molar-refractivity contribution in [3.63, 3.8) is 0 Å². The van der Waals surface area contributed by atoms with Gasteiger partial charge in [0.15, 0.2) is 0 Å². The Kier molecular flexibility index (Phi) is 3.29. The van der Waals surface area contributed by atoms with Crippen molar-refractivity contribution in [2.75, 3.05) is 11.4 Å². The predicted molar refractivity (Wildman–Crippen MR) is 78.7 cm³/mol. The smallest absolute Gasteiger partial charge is 0.112 e. The van der Waals surface area contributed by atoms with E-state index in [0.29, 0.717) is 0 Å². The molecule has 0 bridgehead atoms. The highest BCUT2D eigenvalue weighted by Gasteiger charge is 2.23. The number of aryl methyl sites for hydroxylation is 2. The van der Waals surface area contributed by atoms with Gasteiger partial charge in [0, 0.05) is 22.7 Å². The molecule has 1 unspecified atom stereocenters. The van der Waals surface area contributed by atoms with E-state index in [1.54, 1.807) is 11.3 Å². The lowest BCUT2D eigenvalue weighted by atomic mass is 9.99. The SMILES string of the molecule is Cc1nc(CN2CCC(O)c3ccccc32)sc1C. The van der Waals surface area contributed by atoms with Crippen molar-refractivity contribution >= 4 is 17.0 Å². The molecule has 1 aliphatic heterocycles. The van der Waals surface area contributed by atoms with Gasteiger partial charge in [-0.1, -0.05) is 18.2 Å². The Morgan fingerprint density at radius 2 is 2.16 bits per heavy atom. The largest absolute Gasteiger partial charge is 0.388 e. The van der Waals surface area contributed by atoms with Crippen LogP contribution in [0.2, 0.25) is 0 Å². The van der Waals surface area contributed by atoms with Gasteiger partial charge < -0.3 is 10.0 Å². The maximum atomic E-state index is 10.1. The normalized spacial score (nSPS) is 18.5. The van der Waals surface area contributed by atoms with Crippen LogP contribution in [0.1, 0.15) is 33.7 Å². The Hall–Kier alpha value is -1.39. The Morgan fingerprint density at radius 3 is 2.89 bits per heavy atom. The number of fused-ring (bicyclic) bond motifs is 1. The molecule has 0 radical (unpaired) electrons. The number of anilines is 1. The van der Waals surface area contributed by atoms with Gasteiger partial charge in [-0.25, -0.2) is 4.98 Å². The average Bonchev–Trinajstić information content (AvgIpc) is 2.72. The van der Waals surface area contributed by atoms with Crippen molar-refractivity contribution in [1.82, 2.24) is 4.98 Å². The van der Waals surface area contributed by atoms with Crippen molar-refractivity contribution < 1.29 is 5.11 Å². The molecule has 1 aromatic carbocycles. The van der Waals surface area contributed by atoms with Crippen LogP contribution >= 0.6 is 11.3 Å². The molecule has 100 valence electrons. The Bertz CT molecular complexity index is 574. The zero-order valence-electron chi connectivity index (χ0n) is 11.3. The van der Waals surface area contributed by atoms with Gasteiger partial charge in [-0.15, -0.1) is 11.3 Å². The Labute approximate surface area is 117 Å². The molecule has 0 saturated carbocycles. The third-order valence-electron chi connectivity index (χ3n) is 3.71. The molecule has 0 aliphatic carbocycles. The van der Waals surface area contributed by atoms with Gasteiger partial charge >= 0.3 is 0 Å². The van der Waals surface area contributed by atoms with Gasteiger partial charge in [0.2, 0.25) is 0 Å². The van der Waals surface area contributed by atoms with Crippen molar-refractivity contribution in [1.29, 1.82) is 0 Å². The first-order valence-corrected chi connectivity index (χ1v) is 7.41. The highest BCUT2D eigenvalue weighted by atomic mass is 32.1. The summed E-state index contributed by atoms with van der Waals surface area (Å²) in [6, 6.07) is 8.13. The summed E-state index contributed by atoms with van der Waals surface area (Å²) in [6.07, 6.45) is 0.465. The number of aromatic nitrogens is 1. The highest BCUT2D eigenvalue weighted by Crippen LogP contribution is 2.34. The fourth-order valence-electron chi connectivity index (χ4n) is 2.55. The van der Waals surface area contributed by atoms with Crippen LogP contribution in [0.3, 0.4) is 0 Å². The lowest BCUT2D eigenvalue weighted by Crippen LogP contribution is -2.30. The van der Waals surface area contributed by atoms with Gasteiger partial charge in [0.25, 0.3) is 0 Å². The van der Waals surface area contributed by atoms with Gasteiger partial charge in [-0.05, 0) is 26.3 Å². The van der Waals surface area contributed by atoms with Crippen LogP contribution in [0.25, 0.3) is 0 Å². The molecule has 0 spiro atoms. The Balaban J connectivity index is 1.88. The van der Waals surface area contributed by atoms with Crippen LogP contribution in [0.5, 0.6) is 0 Å². The minimum absolute atomic E-state index is 0.327. The van der Waals surface area contributed by atoms with E-state index in [9.17, 15) is 5.11 Å². The second-order valence-corrected chi connectivity index (χ2v) is 6.32. The molecule has 1 atom stereocenters. The summed E-state index contributed by atoms with van der Waals surface area (Å²) in [4.78, 5) is 8.22. The first-order chi connectivity index (χ1) is 9.15. The second kappa shape index (κ2) is 4.94. The van der Waals surface area contributed by atoms with E-state index in [2.05, 4.69) is 29.8 Å². The molecule has 0 saturated heterocycles. The zero-order valence-corrected chi connectivity index (χ0v) is 12.1. The van der Waals surface area contributed by atoms with Gasteiger partial charge in [0.05, 0.1) is 18.3 Å². The summed E-state index contributed by atoms with van der Waals surface area (Å²) in [7, 11) is 0. The van der Waals surface area contributed by atoms with Gasteiger partial charge in [0.1, 0.15) is 5.01 Å². The van der Waals surface area contributed by atoms with Crippen LogP contribution in [0.15, 0.2) is 24.3 Å². The van der Waals surface area contributed by atoms with Crippen molar-refractivity contribution in [2.45, 2.75) is 32.9 Å². The van der Waals surface area contributed by atoms with Crippen molar-refractivity contribution in [2.24, 2.45) is 0 Å². The van der Waals surface area contributed by atoms with Crippen LogP contribution in [0, 0.1) is 13.8 Å². The first kappa shape index (κ1) is 12.6. The van der Waals surface area contributed by atoms with E-state index in [4.69, 9.17) is 0 Å². The van der Waals surface area contributed by atoms with Crippen LogP contribution in [-0.4, -0.2) is 16.6 Å². The number of aliphatic hydroxyl groups excluding tert-OH is 1. The number of thiazole rings is 1. The molecule has 1 aliphatic rings. The third-order valence-corrected chi connectivity index (χ3v) is 4.77. The summed E-state index contributed by atoms with van der Waals surface area (Å²) in [6.45, 7) is 5.90.